The van der Waals surface area contributed by atoms with Crippen molar-refractivity contribution in [3.8, 4) is 11.8 Å². The van der Waals surface area contributed by atoms with Crippen molar-refractivity contribution in [3.05, 3.63) is 35.7 Å². The lowest BCUT2D eigenvalue weighted by Gasteiger charge is -2.30. The minimum absolute atomic E-state index is 0.121. The molecule has 30 heavy (non-hydrogen) atoms. The number of hydrogen-bond donors (Lipinski definition) is 1. The summed E-state index contributed by atoms with van der Waals surface area (Å²) in [4.78, 5) is 14.0. The smallest absolute Gasteiger partial charge is 0.410 e. The maximum Gasteiger partial charge on any atom is 0.410 e. The highest BCUT2D eigenvalue weighted by Crippen LogP contribution is 2.31. The fraction of sp³-hybridized carbons (Fsp3) is 0.500. The van der Waals surface area contributed by atoms with Crippen molar-refractivity contribution in [1.82, 2.24) is 14.5 Å². The number of amides is 1. The number of nitriles is 1. The van der Waals surface area contributed by atoms with E-state index in [1.807, 2.05) is 32.9 Å². The highest BCUT2D eigenvalue weighted by Gasteiger charge is 2.25. The zero-order valence-electron chi connectivity index (χ0n) is 18.1. The highest BCUT2D eigenvalue weighted by atomic mass is 16.6. The second-order valence-corrected chi connectivity index (χ2v) is 9.06. The number of carbonyl (C=O) groups is 1. The number of aliphatic hydroxyl groups is 1. The molecule has 0 saturated carbocycles. The molecule has 0 bridgehead atoms. The summed E-state index contributed by atoms with van der Waals surface area (Å²) >= 11 is 0. The molecule has 2 aromatic rings. The zero-order valence-corrected chi connectivity index (χ0v) is 18.1. The van der Waals surface area contributed by atoms with E-state index in [-0.39, 0.29) is 12.7 Å². The molecule has 1 amide bonds. The maximum absolute atomic E-state index is 12.3. The molecule has 1 aliphatic heterocycles. The first-order chi connectivity index (χ1) is 14.0. The molecule has 0 atom stereocenters. The fourth-order valence-electron chi connectivity index (χ4n) is 3.17. The summed E-state index contributed by atoms with van der Waals surface area (Å²) in [6, 6.07) is 4.04. The number of aromatic nitrogens is 2. The number of pyridine rings is 1. The molecule has 1 aliphatic rings. The summed E-state index contributed by atoms with van der Waals surface area (Å²) in [5.41, 5.74) is 1.49. The Morgan fingerprint density at radius 1 is 1.33 bits per heavy atom. The standard InChI is InChI=1S/C22H28N4O4/c1-21(2,3)30-20(27)25-8-6-15(7-9-25)18-10-17(29-14-22(4,5)28)13-26-19(18)16(11-23)12-24-26/h6,10,12-13,28H,7-9,14H2,1-5H3. The van der Waals surface area contributed by atoms with Gasteiger partial charge >= 0.3 is 6.09 Å². The molecule has 0 saturated heterocycles. The average molecular weight is 412 g/mol. The fourth-order valence-corrected chi connectivity index (χ4v) is 3.17. The third-order valence-corrected chi connectivity index (χ3v) is 4.51. The molecule has 3 rings (SSSR count). The van der Waals surface area contributed by atoms with Gasteiger partial charge in [0.05, 0.1) is 29.1 Å². The van der Waals surface area contributed by atoms with Crippen LogP contribution < -0.4 is 4.74 Å². The summed E-state index contributed by atoms with van der Waals surface area (Å²) in [7, 11) is 0. The van der Waals surface area contributed by atoms with Crippen LogP contribution in [-0.4, -0.2) is 56.6 Å². The van der Waals surface area contributed by atoms with Gasteiger partial charge in [-0.15, -0.1) is 0 Å². The minimum atomic E-state index is -0.977. The number of ether oxygens (including phenoxy) is 2. The van der Waals surface area contributed by atoms with Crippen LogP contribution in [0.1, 0.15) is 52.2 Å². The minimum Gasteiger partial charge on any atom is -0.489 e. The molecule has 8 nitrogen and oxygen atoms in total. The molecule has 8 heteroatoms. The van der Waals surface area contributed by atoms with Crippen molar-refractivity contribution in [2.24, 2.45) is 0 Å². The summed E-state index contributed by atoms with van der Waals surface area (Å²) < 4.78 is 12.8. The average Bonchev–Trinajstić information content (AvgIpc) is 3.07. The molecule has 3 heterocycles. The highest BCUT2D eigenvalue weighted by molar-refractivity contribution is 5.84. The zero-order chi connectivity index (χ0) is 22.1. The Bertz CT molecular complexity index is 1020. The second-order valence-electron chi connectivity index (χ2n) is 9.06. The summed E-state index contributed by atoms with van der Waals surface area (Å²) in [5, 5.41) is 23.7. The van der Waals surface area contributed by atoms with Crippen molar-refractivity contribution in [3.63, 3.8) is 0 Å². The van der Waals surface area contributed by atoms with Gasteiger partial charge in [0.15, 0.2) is 0 Å². The molecule has 160 valence electrons. The van der Waals surface area contributed by atoms with Gasteiger partial charge in [-0.2, -0.15) is 10.4 Å². The number of carbonyl (C=O) groups excluding carboxylic acids is 1. The van der Waals surface area contributed by atoms with Gasteiger partial charge in [0.25, 0.3) is 0 Å². The Hall–Kier alpha value is -3.05. The molecule has 0 unspecified atom stereocenters. The Balaban J connectivity index is 1.91. The predicted octanol–water partition coefficient (Wildman–Crippen LogP) is 3.38. The van der Waals surface area contributed by atoms with E-state index in [1.165, 1.54) is 6.20 Å². The third kappa shape index (κ3) is 5.10. The lowest BCUT2D eigenvalue weighted by molar-refractivity contribution is 0.0269. The van der Waals surface area contributed by atoms with E-state index >= 15 is 0 Å². The van der Waals surface area contributed by atoms with Crippen molar-refractivity contribution in [1.29, 1.82) is 5.26 Å². The summed E-state index contributed by atoms with van der Waals surface area (Å²) in [6.45, 7) is 9.92. The van der Waals surface area contributed by atoms with Crippen LogP contribution in [0.2, 0.25) is 0 Å². The van der Waals surface area contributed by atoms with E-state index in [1.54, 1.807) is 29.5 Å². The lowest BCUT2D eigenvalue weighted by Crippen LogP contribution is -2.39. The van der Waals surface area contributed by atoms with Gasteiger partial charge < -0.3 is 19.5 Å². The van der Waals surface area contributed by atoms with Crippen LogP contribution in [0, 0.1) is 11.3 Å². The number of hydrogen-bond acceptors (Lipinski definition) is 6. The molecular formula is C22H28N4O4. The molecule has 1 N–H and O–H groups in total. The Morgan fingerprint density at radius 2 is 2.07 bits per heavy atom. The van der Waals surface area contributed by atoms with Crippen LogP contribution in [-0.2, 0) is 4.74 Å². The molecule has 2 aromatic heterocycles. The number of nitrogens with zero attached hydrogens (tertiary/aromatic N) is 4. The Morgan fingerprint density at radius 3 is 2.63 bits per heavy atom. The SMILES string of the molecule is CC(C)(O)COc1cc(C2=CCN(C(=O)OC(C)(C)C)CC2)c2c(C#N)cnn2c1. The van der Waals surface area contributed by atoms with Gasteiger partial charge in [-0.3, -0.25) is 0 Å². The van der Waals surface area contributed by atoms with Gasteiger partial charge in [-0.25, -0.2) is 9.31 Å². The van der Waals surface area contributed by atoms with Crippen molar-refractivity contribution in [2.45, 2.75) is 52.2 Å². The lowest BCUT2D eigenvalue weighted by atomic mass is 9.98. The number of fused-ring (bicyclic) bond motifs is 1. The quantitative estimate of drug-likeness (QED) is 0.826. The van der Waals surface area contributed by atoms with Crippen LogP contribution in [0.25, 0.3) is 11.1 Å². The van der Waals surface area contributed by atoms with Gasteiger partial charge in [0.1, 0.15) is 24.0 Å². The molecular weight excluding hydrogens is 384 g/mol. The van der Waals surface area contributed by atoms with Gasteiger partial charge in [0.2, 0.25) is 0 Å². The first-order valence-electron chi connectivity index (χ1n) is 9.91. The van der Waals surface area contributed by atoms with E-state index in [4.69, 9.17) is 9.47 Å². The van der Waals surface area contributed by atoms with Crippen LogP contribution in [0.4, 0.5) is 4.79 Å². The number of rotatable bonds is 4. The van der Waals surface area contributed by atoms with Crippen LogP contribution in [0.15, 0.2) is 24.5 Å². The van der Waals surface area contributed by atoms with E-state index in [2.05, 4.69) is 11.2 Å². The Labute approximate surface area is 176 Å². The van der Waals surface area contributed by atoms with Crippen LogP contribution in [0.3, 0.4) is 0 Å². The first-order valence-corrected chi connectivity index (χ1v) is 9.91. The first kappa shape index (κ1) is 21.7. The maximum atomic E-state index is 12.3. The van der Waals surface area contributed by atoms with E-state index in [0.29, 0.717) is 36.3 Å². The van der Waals surface area contributed by atoms with Crippen molar-refractivity contribution < 1.29 is 19.4 Å². The summed E-state index contributed by atoms with van der Waals surface area (Å²) in [5.74, 6) is 0.544. The Kier molecular flexibility index (Phi) is 5.77. The third-order valence-electron chi connectivity index (χ3n) is 4.51. The molecule has 0 fully saturated rings. The van der Waals surface area contributed by atoms with E-state index in [0.717, 1.165) is 11.1 Å². The topological polar surface area (TPSA) is 100 Å². The van der Waals surface area contributed by atoms with Crippen LogP contribution >= 0.6 is 0 Å². The predicted molar refractivity (Wildman–Crippen MR) is 112 cm³/mol. The molecule has 0 spiro atoms. The summed E-state index contributed by atoms with van der Waals surface area (Å²) in [6.07, 6.45) is 5.46. The van der Waals surface area contributed by atoms with Crippen molar-refractivity contribution >= 4 is 17.2 Å². The second kappa shape index (κ2) is 8.00. The molecule has 0 radical (unpaired) electrons. The monoisotopic (exact) mass is 412 g/mol. The van der Waals surface area contributed by atoms with E-state index in [9.17, 15) is 15.2 Å². The van der Waals surface area contributed by atoms with E-state index < -0.39 is 11.2 Å². The van der Waals surface area contributed by atoms with Crippen molar-refractivity contribution in [2.75, 3.05) is 19.7 Å². The normalized spacial score (nSPS) is 15.0. The molecule has 0 aromatic carbocycles. The van der Waals surface area contributed by atoms with Gasteiger partial charge in [-0.1, -0.05) is 6.08 Å². The van der Waals surface area contributed by atoms with Gasteiger partial charge in [0, 0.05) is 18.7 Å². The largest absolute Gasteiger partial charge is 0.489 e. The van der Waals surface area contributed by atoms with Gasteiger partial charge in [-0.05, 0) is 52.7 Å². The molecule has 0 aliphatic carbocycles. The van der Waals surface area contributed by atoms with Crippen LogP contribution in [0.5, 0.6) is 5.75 Å².